The van der Waals surface area contributed by atoms with Crippen LogP contribution < -0.4 is 10.9 Å². The van der Waals surface area contributed by atoms with E-state index in [1.807, 2.05) is 19.2 Å². The molecule has 0 bridgehead atoms. The number of rotatable bonds is 1. The molecule has 0 saturated heterocycles. The lowest BCUT2D eigenvalue weighted by molar-refractivity contribution is 0.907. The van der Waals surface area contributed by atoms with Gasteiger partial charge in [-0.25, -0.2) is 0 Å². The molecule has 0 unspecified atom stereocenters. The number of aromatic nitrogens is 2. The van der Waals surface area contributed by atoms with E-state index in [1.165, 1.54) is 10.7 Å². The molecule has 3 nitrogen and oxygen atoms in total. The molecule has 4 heteroatoms. The van der Waals surface area contributed by atoms with Gasteiger partial charge >= 0.3 is 0 Å². The fraction of sp³-hybridized carbons (Fsp3) is 0.267. The van der Waals surface area contributed by atoms with Crippen molar-refractivity contribution >= 4 is 35.2 Å². The van der Waals surface area contributed by atoms with Gasteiger partial charge in [0.15, 0.2) is 0 Å². The Kier molecular flexibility index (Phi) is 2.47. The Hall–Kier alpha value is -1.81. The van der Waals surface area contributed by atoms with Crippen LogP contribution in [0.15, 0.2) is 35.1 Å². The molecule has 2 heterocycles. The lowest BCUT2D eigenvalue weighted by atomic mass is 10.1. The zero-order chi connectivity index (χ0) is 13.8. The first kappa shape index (κ1) is 12.2. The van der Waals surface area contributed by atoms with Crippen LogP contribution in [0.3, 0.4) is 0 Å². The molecule has 0 radical (unpaired) electrons. The van der Waals surface area contributed by atoms with Gasteiger partial charge in [-0.3, -0.25) is 4.79 Å². The van der Waals surface area contributed by atoms with Crippen molar-refractivity contribution in [2.24, 2.45) is 7.05 Å². The average molecular weight is 270 g/mol. The van der Waals surface area contributed by atoms with Crippen LogP contribution in [0.2, 0.25) is 19.6 Å². The summed E-state index contributed by atoms with van der Waals surface area (Å²) in [7, 11) is 0.470. The number of hydrogen-bond donors (Lipinski definition) is 1. The van der Waals surface area contributed by atoms with Gasteiger partial charge in [0.2, 0.25) is 0 Å². The molecular formula is C15H18N2OSi. The van der Waals surface area contributed by atoms with Crippen molar-refractivity contribution in [3.05, 3.63) is 40.7 Å². The lowest BCUT2D eigenvalue weighted by Gasteiger charge is -2.12. The van der Waals surface area contributed by atoms with Gasteiger partial charge in [-0.05, 0) is 29.6 Å². The Labute approximate surface area is 112 Å². The smallest absolute Gasteiger partial charge is 0.250 e. The second kappa shape index (κ2) is 3.84. The fourth-order valence-corrected chi connectivity index (χ4v) is 3.56. The monoisotopic (exact) mass is 270 g/mol. The second-order valence-electron chi connectivity index (χ2n) is 6.12. The van der Waals surface area contributed by atoms with E-state index in [2.05, 4.69) is 36.8 Å². The van der Waals surface area contributed by atoms with E-state index < -0.39 is 8.07 Å². The second-order valence-corrected chi connectivity index (χ2v) is 11.2. The van der Waals surface area contributed by atoms with Crippen LogP contribution in [0.1, 0.15) is 0 Å². The number of H-pyrrole nitrogens is 1. The van der Waals surface area contributed by atoms with Gasteiger partial charge in [0.05, 0.1) is 13.6 Å². The minimum atomic E-state index is -1.35. The minimum Gasteiger partial charge on any atom is -0.362 e. The Balaban J connectivity index is 2.44. The number of benzene rings is 1. The maximum absolute atomic E-state index is 11.7. The molecule has 0 aliphatic heterocycles. The predicted molar refractivity (Wildman–Crippen MR) is 84.0 cm³/mol. The zero-order valence-corrected chi connectivity index (χ0v) is 12.7. The summed E-state index contributed by atoms with van der Waals surface area (Å²) in [5.41, 5.74) is 2.18. The molecule has 3 rings (SSSR count). The van der Waals surface area contributed by atoms with Gasteiger partial charge in [-0.2, -0.15) is 0 Å². The first-order valence-electron chi connectivity index (χ1n) is 6.50. The number of nitrogens with one attached hydrogen (secondary N) is 1. The van der Waals surface area contributed by atoms with Gasteiger partial charge in [-0.15, -0.1) is 0 Å². The van der Waals surface area contributed by atoms with Crippen molar-refractivity contribution in [3.8, 4) is 0 Å². The van der Waals surface area contributed by atoms with Crippen molar-refractivity contribution in [2.75, 3.05) is 0 Å². The molecule has 0 aliphatic rings. The summed E-state index contributed by atoms with van der Waals surface area (Å²) in [4.78, 5) is 15.2. The van der Waals surface area contributed by atoms with Crippen molar-refractivity contribution in [2.45, 2.75) is 19.6 Å². The SMILES string of the molecule is Cn1c(=O)ccc2c3cc([Si](C)(C)C)[nH]c3ccc21. The van der Waals surface area contributed by atoms with E-state index in [0.29, 0.717) is 0 Å². The standard InChI is InChI=1S/C15H18N2OSi/c1-17-13-7-6-12-11(10(13)5-8-15(17)18)9-14(16-12)19(2,3)4/h5-9,16H,1-4H3. The topological polar surface area (TPSA) is 37.8 Å². The lowest BCUT2D eigenvalue weighted by Crippen LogP contribution is -2.38. The first-order chi connectivity index (χ1) is 8.88. The summed E-state index contributed by atoms with van der Waals surface area (Å²) in [6.45, 7) is 6.99. The first-order valence-corrected chi connectivity index (χ1v) is 10.00. The molecule has 3 aromatic rings. The molecule has 0 spiro atoms. The maximum atomic E-state index is 11.7. The minimum absolute atomic E-state index is 0.0350. The number of aromatic amines is 1. The summed E-state index contributed by atoms with van der Waals surface area (Å²) in [5.74, 6) is 0. The summed E-state index contributed by atoms with van der Waals surface area (Å²) >= 11 is 0. The van der Waals surface area contributed by atoms with E-state index in [4.69, 9.17) is 0 Å². The Morgan fingerprint density at radius 2 is 1.79 bits per heavy atom. The van der Waals surface area contributed by atoms with Gasteiger partial charge in [-0.1, -0.05) is 19.6 Å². The van der Waals surface area contributed by atoms with E-state index in [-0.39, 0.29) is 5.56 Å². The molecule has 19 heavy (non-hydrogen) atoms. The van der Waals surface area contributed by atoms with Crippen LogP contribution >= 0.6 is 0 Å². The number of fused-ring (bicyclic) bond motifs is 3. The maximum Gasteiger partial charge on any atom is 0.250 e. The molecule has 1 N–H and O–H groups in total. The third kappa shape index (κ3) is 1.83. The van der Waals surface area contributed by atoms with Crippen LogP contribution in [-0.4, -0.2) is 17.6 Å². The molecule has 2 aromatic heterocycles. The summed E-state index contributed by atoms with van der Waals surface area (Å²) in [5, 5.41) is 3.70. The normalized spacial score (nSPS) is 12.4. The fourth-order valence-electron chi connectivity index (χ4n) is 2.47. The predicted octanol–water partition coefficient (Wildman–Crippen LogP) is 2.57. The zero-order valence-electron chi connectivity index (χ0n) is 11.7. The molecule has 98 valence electrons. The third-order valence-corrected chi connectivity index (χ3v) is 5.60. The van der Waals surface area contributed by atoms with E-state index in [9.17, 15) is 4.79 Å². The van der Waals surface area contributed by atoms with Gasteiger partial charge in [0.1, 0.15) is 0 Å². The highest BCUT2D eigenvalue weighted by Crippen LogP contribution is 2.23. The summed E-state index contributed by atoms with van der Waals surface area (Å²) in [6, 6.07) is 9.92. The van der Waals surface area contributed by atoms with Gasteiger partial charge < -0.3 is 9.55 Å². The molecular weight excluding hydrogens is 252 g/mol. The Morgan fingerprint density at radius 3 is 2.47 bits per heavy atom. The molecule has 0 saturated carbocycles. The van der Waals surface area contributed by atoms with Crippen LogP contribution in [0.25, 0.3) is 21.8 Å². The quantitative estimate of drug-likeness (QED) is 0.678. The van der Waals surface area contributed by atoms with Crippen LogP contribution in [0.4, 0.5) is 0 Å². The summed E-state index contributed by atoms with van der Waals surface area (Å²) in [6.07, 6.45) is 0. The van der Waals surface area contributed by atoms with Crippen molar-refractivity contribution < 1.29 is 0 Å². The molecule has 0 atom stereocenters. The van der Waals surface area contributed by atoms with Gasteiger partial charge in [0.25, 0.3) is 5.56 Å². The Bertz CT molecular complexity index is 837. The number of pyridine rings is 1. The molecule has 0 fully saturated rings. The largest absolute Gasteiger partial charge is 0.362 e. The summed E-state index contributed by atoms with van der Waals surface area (Å²) < 4.78 is 1.70. The van der Waals surface area contributed by atoms with E-state index in [0.717, 1.165) is 16.4 Å². The van der Waals surface area contributed by atoms with Crippen molar-refractivity contribution in [1.29, 1.82) is 0 Å². The molecule has 0 amide bonds. The van der Waals surface area contributed by atoms with Crippen molar-refractivity contribution in [1.82, 2.24) is 9.55 Å². The van der Waals surface area contributed by atoms with Crippen LogP contribution in [0, 0.1) is 0 Å². The molecule has 0 aliphatic carbocycles. The van der Waals surface area contributed by atoms with Crippen LogP contribution in [-0.2, 0) is 7.05 Å². The van der Waals surface area contributed by atoms with E-state index in [1.54, 1.807) is 10.6 Å². The highest BCUT2D eigenvalue weighted by Gasteiger charge is 2.19. The van der Waals surface area contributed by atoms with Gasteiger partial charge in [0, 0.05) is 29.4 Å². The average Bonchev–Trinajstić information content (AvgIpc) is 2.77. The Morgan fingerprint density at radius 1 is 1.05 bits per heavy atom. The van der Waals surface area contributed by atoms with Crippen LogP contribution in [0.5, 0.6) is 0 Å². The highest BCUT2D eigenvalue weighted by atomic mass is 28.3. The van der Waals surface area contributed by atoms with Crippen molar-refractivity contribution in [3.63, 3.8) is 0 Å². The molecule has 1 aromatic carbocycles. The number of nitrogens with zero attached hydrogens (tertiary/aromatic N) is 1. The van der Waals surface area contributed by atoms with E-state index >= 15 is 0 Å². The number of aryl methyl sites for hydroxylation is 1. The highest BCUT2D eigenvalue weighted by molar-refractivity contribution is 6.88. The third-order valence-electron chi connectivity index (χ3n) is 3.71. The number of hydrogen-bond acceptors (Lipinski definition) is 1.